The molecule has 0 amide bonds. The van der Waals surface area contributed by atoms with Crippen molar-refractivity contribution in [3.63, 3.8) is 0 Å². The quantitative estimate of drug-likeness (QED) is 0.386. The van der Waals surface area contributed by atoms with Crippen LogP contribution < -0.4 is 0 Å². The van der Waals surface area contributed by atoms with E-state index in [1.807, 2.05) is 0 Å². The molecule has 0 radical (unpaired) electrons. The van der Waals surface area contributed by atoms with E-state index in [0.717, 1.165) is 0 Å². The lowest BCUT2D eigenvalue weighted by atomic mass is 10.00. The first kappa shape index (κ1) is 15.0. The monoisotopic (exact) mass is 326 g/mol. The molecule has 0 aromatic heterocycles. The molecule has 0 aromatic carbocycles. The Morgan fingerprint density at radius 2 is 1.50 bits per heavy atom. The fourth-order valence-electron chi connectivity index (χ4n) is 1.48. The first-order chi connectivity index (χ1) is 6.48. The zero-order valence-corrected chi connectivity index (χ0v) is 13.0. The highest BCUT2D eigenvalue weighted by molar-refractivity contribution is 9.25. The molecule has 0 saturated heterocycles. The summed E-state index contributed by atoms with van der Waals surface area (Å²) in [4.78, 5) is 0. The van der Waals surface area contributed by atoms with Gasteiger partial charge in [0.25, 0.3) is 0 Å². The zero-order chi connectivity index (χ0) is 11.0. The summed E-state index contributed by atoms with van der Waals surface area (Å²) in [5.74, 6) is 0.702. The number of unbranched alkanes of at least 4 members (excludes halogenated alkanes) is 5. The number of hydrogen-bond acceptors (Lipinski definition) is 0. The van der Waals surface area contributed by atoms with Crippen molar-refractivity contribution in [1.82, 2.24) is 0 Å². The largest absolute Gasteiger partial charge is 0.0803 e. The summed E-state index contributed by atoms with van der Waals surface area (Å²) < 4.78 is 0.128. The number of alkyl halides is 2. The van der Waals surface area contributed by atoms with E-state index in [9.17, 15) is 0 Å². The minimum Gasteiger partial charge on any atom is -0.0727 e. The molecule has 1 atom stereocenters. The van der Waals surface area contributed by atoms with Gasteiger partial charge in [0.1, 0.15) is 0 Å². The van der Waals surface area contributed by atoms with Gasteiger partial charge in [-0.25, -0.2) is 0 Å². The van der Waals surface area contributed by atoms with Gasteiger partial charge in [-0.2, -0.15) is 0 Å². The summed E-state index contributed by atoms with van der Waals surface area (Å²) in [5, 5.41) is 0. The molecule has 0 heterocycles. The van der Waals surface area contributed by atoms with Crippen molar-refractivity contribution in [3.8, 4) is 0 Å². The molecule has 14 heavy (non-hydrogen) atoms. The van der Waals surface area contributed by atoms with Crippen molar-refractivity contribution in [2.45, 2.75) is 69.0 Å². The highest BCUT2D eigenvalue weighted by Gasteiger charge is 2.23. The molecule has 86 valence electrons. The molecule has 0 bridgehead atoms. The van der Waals surface area contributed by atoms with E-state index in [0.29, 0.717) is 5.92 Å². The van der Waals surface area contributed by atoms with Gasteiger partial charge in [0, 0.05) is 0 Å². The van der Waals surface area contributed by atoms with Gasteiger partial charge in [-0.15, -0.1) is 0 Å². The summed E-state index contributed by atoms with van der Waals surface area (Å²) in [7, 11) is 0. The third-order valence-corrected chi connectivity index (χ3v) is 4.42. The third-order valence-electron chi connectivity index (χ3n) is 2.86. The van der Waals surface area contributed by atoms with Crippen LogP contribution in [0.15, 0.2) is 0 Å². The van der Waals surface area contributed by atoms with Crippen molar-refractivity contribution >= 4 is 31.9 Å². The molecule has 0 nitrogen and oxygen atoms in total. The lowest BCUT2D eigenvalue weighted by Gasteiger charge is -2.22. The lowest BCUT2D eigenvalue weighted by molar-refractivity contribution is 0.471. The smallest absolute Gasteiger partial charge is 0.0727 e. The van der Waals surface area contributed by atoms with Crippen LogP contribution in [0.3, 0.4) is 0 Å². The average molecular weight is 328 g/mol. The summed E-state index contributed by atoms with van der Waals surface area (Å²) in [6.45, 7) is 6.76. The van der Waals surface area contributed by atoms with Gasteiger partial charge in [0.05, 0.1) is 3.23 Å². The van der Waals surface area contributed by atoms with E-state index >= 15 is 0 Å². The number of hydrogen-bond donors (Lipinski definition) is 0. The maximum Gasteiger partial charge on any atom is 0.0803 e. The van der Waals surface area contributed by atoms with Gasteiger partial charge in [-0.05, 0) is 19.3 Å². The zero-order valence-electron chi connectivity index (χ0n) is 9.78. The Kier molecular flexibility index (Phi) is 8.71. The topological polar surface area (TPSA) is 0 Å². The molecule has 1 unspecified atom stereocenters. The summed E-state index contributed by atoms with van der Waals surface area (Å²) in [6.07, 6.45) is 9.69. The van der Waals surface area contributed by atoms with Gasteiger partial charge in [-0.3, -0.25) is 0 Å². The van der Waals surface area contributed by atoms with Gasteiger partial charge in [-0.1, -0.05) is 84.2 Å². The Bertz CT molecular complexity index is 127. The second-order valence-electron chi connectivity index (χ2n) is 4.41. The van der Waals surface area contributed by atoms with Crippen molar-refractivity contribution in [3.05, 3.63) is 0 Å². The number of rotatable bonds is 8. The van der Waals surface area contributed by atoms with E-state index in [1.54, 1.807) is 0 Å². The highest BCUT2D eigenvalue weighted by atomic mass is 79.9. The second-order valence-corrected chi connectivity index (χ2v) is 8.77. The molecule has 0 aliphatic heterocycles. The average Bonchev–Trinajstić information content (AvgIpc) is 2.09. The summed E-state index contributed by atoms with van der Waals surface area (Å²) >= 11 is 7.31. The normalized spacial score (nSPS) is 14.4. The van der Waals surface area contributed by atoms with E-state index in [-0.39, 0.29) is 3.23 Å². The third kappa shape index (κ3) is 8.28. The Labute approximate surface area is 106 Å². The van der Waals surface area contributed by atoms with Crippen LogP contribution in [0.4, 0.5) is 0 Å². The molecule has 0 aromatic rings. The lowest BCUT2D eigenvalue weighted by Crippen LogP contribution is -2.17. The summed E-state index contributed by atoms with van der Waals surface area (Å²) in [6, 6.07) is 0. The molecule has 0 saturated carbocycles. The maximum atomic E-state index is 3.65. The predicted molar refractivity (Wildman–Crippen MR) is 73.4 cm³/mol. The van der Waals surface area contributed by atoms with Gasteiger partial charge in [0.15, 0.2) is 0 Å². The van der Waals surface area contributed by atoms with E-state index < -0.39 is 0 Å². The SMILES string of the molecule is CCCCCCCCC(C)C(C)(Br)Br. The Morgan fingerprint density at radius 1 is 1.00 bits per heavy atom. The van der Waals surface area contributed by atoms with Crippen molar-refractivity contribution in [2.24, 2.45) is 5.92 Å². The highest BCUT2D eigenvalue weighted by Crippen LogP contribution is 2.36. The predicted octanol–water partition coefficient (Wildman–Crippen LogP) is 5.88. The van der Waals surface area contributed by atoms with Crippen LogP contribution in [0.1, 0.15) is 65.7 Å². The second kappa shape index (κ2) is 8.15. The standard InChI is InChI=1S/C12H24Br2/c1-4-5-6-7-8-9-10-11(2)12(3,13)14/h11H,4-10H2,1-3H3. The van der Waals surface area contributed by atoms with Crippen molar-refractivity contribution < 1.29 is 0 Å². The molecule has 0 aliphatic rings. The first-order valence-corrected chi connectivity index (χ1v) is 7.45. The van der Waals surface area contributed by atoms with Crippen LogP contribution in [0.5, 0.6) is 0 Å². The Morgan fingerprint density at radius 3 is 2.00 bits per heavy atom. The van der Waals surface area contributed by atoms with E-state index in [1.165, 1.54) is 44.9 Å². The molecular weight excluding hydrogens is 304 g/mol. The van der Waals surface area contributed by atoms with Crippen LogP contribution in [0.25, 0.3) is 0 Å². The molecule has 0 N–H and O–H groups in total. The summed E-state index contributed by atoms with van der Waals surface area (Å²) in [5.41, 5.74) is 0. The van der Waals surface area contributed by atoms with Crippen LogP contribution in [0, 0.1) is 5.92 Å². The van der Waals surface area contributed by atoms with Crippen molar-refractivity contribution in [2.75, 3.05) is 0 Å². The molecule has 0 fully saturated rings. The van der Waals surface area contributed by atoms with Crippen molar-refractivity contribution in [1.29, 1.82) is 0 Å². The van der Waals surface area contributed by atoms with Crippen LogP contribution in [0.2, 0.25) is 0 Å². The fourth-order valence-corrected chi connectivity index (χ4v) is 1.94. The Hall–Kier alpha value is 0.960. The van der Waals surface area contributed by atoms with E-state index in [4.69, 9.17) is 0 Å². The molecule has 0 spiro atoms. The van der Waals surface area contributed by atoms with Gasteiger partial charge in [0.2, 0.25) is 0 Å². The van der Waals surface area contributed by atoms with Gasteiger partial charge >= 0.3 is 0 Å². The minimum absolute atomic E-state index is 0.128. The van der Waals surface area contributed by atoms with E-state index in [2.05, 4.69) is 52.6 Å². The fraction of sp³-hybridized carbons (Fsp3) is 1.00. The Balaban J connectivity index is 3.28. The molecule has 2 heteroatoms. The van der Waals surface area contributed by atoms with Gasteiger partial charge < -0.3 is 0 Å². The minimum atomic E-state index is 0.128. The maximum absolute atomic E-state index is 3.65. The first-order valence-electron chi connectivity index (χ1n) is 5.86. The van der Waals surface area contributed by atoms with Crippen LogP contribution in [-0.2, 0) is 0 Å². The van der Waals surface area contributed by atoms with Crippen LogP contribution >= 0.6 is 31.9 Å². The van der Waals surface area contributed by atoms with Crippen LogP contribution in [-0.4, -0.2) is 3.23 Å². The number of halogens is 2. The molecule has 0 rings (SSSR count). The molecular formula is C12H24Br2. The molecule has 0 aliphatic carbocycles.